The molecule has 0 unspecified atom stereocenters. The van der Waals surface area contributed by atoms with Crippen LogP contribution in [-0.4, -0.2) is 27.4 Å². The molecule has 2 aromatic rings. The van der Waals surface area contributed by atoms with Gasteiger partial charge in [0, 0.05) is 28.8 Å². The van der Waals surface area contributed by atoms with Gasteiger partial charge in [-0.2, -0.15) is 11.8 Å². The van der Waals surface area contributed by atoms with E-state index in [0.717, 1.165) is 28.0 Å². The Hall–Kier alpha value is -1.11. The summed E-state index contributed by atoms with van der Waals surface area (Å²) in [4.78, 5) is 8.70. The number of nitrogens with one attached hydrogen (secondary N) is 1. The summed E-state index contributed by atoms with van der Waals surface area (Å²) in [5, 5.41) is 15.2. The van der Waals surface area contributed by atoms with E-state index >= 15 is 0 Å². The zero-order valence-corrected chi connectivity index (χ0v) is 12.4. The molecule has 2 heterocycles. The second-order valence-electron chi connectivity index (χ2n) is 4.06. The Morgan fingerprint density at radius 3 is 3.11 bits per heavy atom. The highest BCUT2D eigenvalue weighted by atomic mass is 32.2. The minimum atomic E-state index is 0.226. The van der Waals surface area contributed by atoms with Crippen LogP contribution in [0.25, 0.3) is 0 Å². The molecule has 4 nitrogen and oxygen atoms in total. The van der Waals surface area contributed by atoms with Crippen LogP contribution < -0.4 is 5.32 Å². The molecule has 6 heteroatoms. The van der Waals surface area contributed by atoms with Gasteiger partial charge in [0.1, 0.15) is 10.8 Å². The number of hydrogen-bond donors (Lipinski definition) is 2. The number of thiazole rings is 1. The average Bonchev–Trinajstić information content (AvgIpc) is 2.83. The molecule has 0 aromatic carbocycles. The number of aromatic nitrogens is 2. The van der Waals surface area contributed by atoms with Crippen molar-refractivity contribution in [2.24, 2.45) is 0 Å². The maximum atomic E-state index is 8.76. The number of aryl methyl sites for hydroxylation is 1. The van der Waals surface area contributed by atoms with Crippen molar-refractivity contribution in [3.63, 3.8) is 0 Å². The van der Waals surface area contributed by atoms with E-state index in [4.69, 9.17) is 5.11 Å². The van der Waals surface area contributed by atoms with Crippen LogP contribution in [0.4, 0.5) is 5.82 Å². The van der Waals surface area contributed by atoms with Gasteiger partial charge >= 0.3 is 0 Å². The van der Waals surface area contributed by atoms with Gasteiger partial charge in [-0.15, -0.1) is 11.3 Å². The second-order valence-corrected chi connectivity index (χ2v) is 6.11. The lowest BCUT2D eigenvalue weighted by Crippen LogP contribution is -2.01. The van der Waals surface area contributed by atoms with Crippen LogP contribution in [0, 0.1) is 6.92 Å². The monoisotopic (exact) mass is 295 g/mol. The van der Waals surface area contributed by atoms with Crippen LogP contribution in [0.5, 0.6) is 0 Å². The Labute approximate surface area is 121 Å². The molecular formula is C13H17N3OS2. The van der Waals surface area contributed by atoms with Gasteiger partial charge < -0.3 is 10.4 Å². The number of hydrogen-bond acceptors (Lipinski definition) is 6. The molecule has 2 rings (SSSR count). The van der Waals surface area contributed by atoms with Crippen molar-refractivity contribution in [2.45, 2.75) is 19.2 Å². The highest BCUT2D eigenvalue weighted by molar-refractivity contribution is 7.98. The molecule has 0 fully saturated rings. The Morgan fingerprint density at radius 1 is 1.47 bits per heavy atom. The standard InChI is InChI=1S/C13H17N3OS2/c1-10-8-19-13(16-10)7-15-12-6-11(2-3-14-12)9-18-5-4-17/h2-3,6,8,17H,4-5,7,9H2,1H3,(H,14,15). The number of nitrogens with zero attached hydrogens (tertiary/aromatic N) is 2. The summed E-state index contributed by atoms with van der Waals surface area (Å²) in [5.41, 5.74) is 2.27. The molecule has 0 atom stereocenters. The van der Waals surface area contributed by atoms with Crippen molar-refractivity contribution in [3.05, 3.63) is 40.0 Å². The van der Waals surface area contributed by atoms with Crippen molar-refractivity contribution in [1.82, 2.24) is 9.97 Å². The lowest BCUT2D eigenvalue weighted by atomic mass is 10.3. The van der Waals surface area contributed by atoms with E-state index in [0.29, 0.717) is 6.54 Å². The van der Waals surface area contributed by atoms with E-state index < -0.39 is 0 Å². The average molecular weight is 295 g/mol. The topological polar surface area (TPSA) is 58.0 Å². The summed E-state index contributed by atoms with van der Waals surface area (Å²) in [5.74, 6) is 2.53. The summed E-state index contributed by atoms with van der Waals surface area (Å²) in [6.45, 7) is 2.93. The van der Waals surface area contributed by atoms with Crippen molar-refractivity contribution in [1.29, 1.82) is 0 Å². The molecule has 0 radical (unpaired) electrons. The van der Waals surface area contributed by atoms with Gasteiger partial charge in [0.05, 0.1) is 13.2 Å². The van der Waals surface area contributed by atoms with E-state index in [-0.39, 0.29) is 6.61 Å². The van der Waals surface area contributed by atoms with Gasteiger partial charge in [-0.3, -0.25) is 0 Å². The molecule has 0 aliphatic carbocycles. The van der Waals surface area contributed by atoms with Crippen molar-refractivity contribution in [2.75, 3.05) is 17.7 Å². The molecule has 0 spiro atoms. The third-order valence-electron chi connectivity index (χ3n) is 2.42. The van der Waals surface area contributed by atoms with Crippen LogP contribution in [0.1, 0.15) is 16.3 Å². The van der Waals surface area contributed by atoms with Gasteiger partial charge in [-0.25, -0.2) is 9.97 Å². The fourth-order valence-corrected chi connectivity index (χ4v) is 2.97. The second kappa shape index (κ2) is 7.47. The molecule has 2 aromatic heterocycles. The first kappa shape index (κ1) is 14.3. The molecule has 102 valence electrons. The van der Waals surface area contributed by atoms with E-state index in [1.807, 2.05) is 30.6 Å². The lowest BCUT2D eigenvalue weighted by molar-refractivity contribution is 0.322. The quantitative estimate of drug-likeness (QED) is 0.769. The van der Waals surface area contributed by atoms with Crippen molar-refractivity contribution in [3.8, 4) is 0 Å². The Bertz CT molecular complexity index is 516. The van der Waals surface area contributed by atoms with Gasteiger partial charge in [0.15, 0.2) is 0 Å². The number of anilines is 1. The maximum Gasteiger partial charge on any atom is 0.126 e. The predicted octanol–water partition coefficient (Wildman–Crippen LogP) is 2.68. The minimum Gasteiger partial charge on any atom is -0.396 e. The molecule has 0 amide bonds. The van der Waals surface area contributed by atoms with Crippen LogP contribution in [0.3, 0.4) is 0 Å². The Morgan fingerprint density at radius 2 is 2.37 bits per heavy atom. The number of thioether (sulfide) groups is 1. The zero-order chi connectivity index (χ0) is 13.5. The third-order valence-corrected chi connectivity index (χ3v) is 4.39. The van der Waals surface area contributed by atoms with Crippen LogP contribution in [-0.2, 0) is 12.3 Å². The Kier molecular flexibility index (Phi) is 5.62. The molecule has 0 saturated carbocycles. The highest BCUT2D eigenvalue weighted by Gasteiger charge is 2.01. The normalized spacial score (nSPS) is 10.6. The molecule has 19 heavy (non-hydrogen) atoms. The third kappa shape index (κ3) is 4.81. The molecular weight excluding hydrogens is 278 g/mol. The number of pyridine rings is 1. The molecule has 0 aliphatic heterocycles. The largest absolute Gasteiger partial charge is 0.396 e. The maximum absolute atomic E-state index is 8.76. The summed E-state index contributed by atoms with van der Waals surface area (Å²) in [6, 6.07) is 4.05. The van der Waals surface area contributed by atoms with Crippen LogP contribution in [0.15, 0.2) is 23.7 Å². The fraction of sp³-hybridized carbons (Fsp3) is 0.385. The number of rotatable bonds is 7. The van der Waals surface area contributed by atoms with E-state index in [1.165, 1.54) is 5.56 Å². The first-order valence-electron chi connectivity index (χ1n) is 6.06. The summed E-state index contributed by atoms with van der Waals surface area (Å²) in [6.07, 6.45) is 1.81. The summed E-state index contributed by atoms with van der Waals surface area (Å²) >= 11 is 3.37. The minimum absolute atomic E-state index is 0.226. The van der Waals surface area contributed by atoms with Crippen LogP contribution >= 0.6 is 23.1 Å². The lowest BCUT2D eigenvalue weighted by Gasteiger charge is -2.06. The zero-order valence-electron chi connectivity index (χ0n) is 10.8. The highest BCUT2D eigenvalue weighted by Crippen LogP contribution is 2.15. The predicted molar refractivity (Wildman–Crippen MR) is 81.7 cm³/mol. The van der Waals surface area contributed by atoms with Gasteiger partial charge in [-0.05, 0) is 24.6 Å². The Balaban J connectivity index is 1.87. The summed E-state index contributed by atoms with van der Waals surface area (Å²) < 4.78 is 0. The first-order chi connectivity index (χ1) is 9.28. The van der Waals surface area contributed by atoms with Crippen molar-refractivity contribution < 1.29 is 5.11 Å². The van der Waals surface area contributed by atoms with E-state index in [2.05, 4.69) is 15.3 Å². The fourth-order valence-electron chi connectivity index (χ4n) is 1.57. The molecule has 0 saturated heterocycles. The van der Waals surface area contributed by atoms with Gasteiger partial charge in [-0.1, -0.05) is 0 Å². The van der Waals surface area contributed by atoms with Gasteiger partial charge in [0.25, 0.3) is 0 Å². The van der Waals surface area contributed by atoms with Crippen molar-refractivity contribution >= 4 is 28.9 Å². The molecule has 0 bridgehead atoms. The smallest absolute Gasteiger partial charge is 0.126 e. The first-order valence-corrected chi connectivity index (χ1v) is 8.10. The molecule has 2 N–H and O–H groups in total. The summed E-state index contributed by atoms with van der Waals surface area (Å²) in [7, 11) is 0. The van der Waals surface area contributed by atoms with E-state index in [9.17, 15) is 0 Å². The number of aliphatic hydroxyl groups excluding tert-OH is 1. The van der Waals surface area contributed by atoms with Gasteiger partial charge in [0.2, 0.25) is 0 Å². The molecule has 0 aliphatic rings. The number of aliphatic hydroxyl groups is 1. The SMILES string of the molecule is Cc1csc(CNc2cc(CSCCO)ccn2)n1. The van der Waals surface area contributed by atoms with E-state index in [1.54, 1.807) is 23.1 Å². The van der Waals surface area contributed by atoms with Crippen LogP contribution in [0.2, 0.25) is 0 Å².